The van der Waals surface area contributed by atoms with Crippen LogP contribution in [0.1, 0.15) is 26.7 Å². The molecule has 1 aromatic rings. The van der Waals surface area contributed by atoms with Crippen LogP contribution in [-0.4, -0.2) is 32.1 Å². The molecule has 0 atom stereocenters. The number of anilines is 2. The van der Waals surface area contributed by atoms with Crippen molar-refractivity contribution in [3.8, 4) is 0 Å². The molecule has 1 aliphatic heterocycles. The Bertz CT molecular complexity index is 569. The number of rotatable bonds is 3. The Morgan fingerprint density at radius 3 is 2.41 bits per heavy atom. The fourth-order valence-electron chi connectivity index (χ4n) is 3.19. The Hall–Kier alpha value is -1.81. The molecule has 0 saturated carbocycles. The van der Waals surface area contributed by atoms with E-state index < -0.39 is 0 Å². The summed E-state index contributed by atoms with van der Waals surface area (Å²) >= 11 is 0. The first-order chi connectivity index (χ1) is 10.5. The molecule has 0 spiro atoms. The van der Waals surface area contributed by atoms with Crippen LogP contribution in [0.5, 0.6) is 0 Å². The van der Waals surface area contributed by atoms with Crippen LogP contribution in [0.2, 0.25) is 0 Å². The SMILES string of the molecule is CC1(C)CC(=O)C=C(Nc2ccc(N3CCOCC3)cc2)C1. The first-order valence-electron chi connectivity index (χ1n) is 7.95. The van der Waals surface area contributed by atoms with E-state index in [0.717, 1.165) is 44.1 Å². The largest absolute Gasteiger partial charge is 0.378 e. The second-order valence-corrected chi connectivity index (χ2v) is 6.92. The zero-order valence-corrected chi connectivity index (χ0v) is 13.4. The molecule has 4 nitrogen and oxygen atoms in total. The van der Waals surface area contributed by atoms with Crippen molar-refractivity contribution in [2.24, 2.45) is 5.41 Å². The third-order valence-corrected chi connectivity index (χ3v) is 4.21. The molecule has 0 radical (unpaired) electrons. The molecule has 2 aliphatic rings. The van der Waals surface area contributed by atoms with E-state index in [1.807, 2.05) is 0 Å². The number of hydrogen-bond acceptors (Lipinski definition) is 4. The molecule has 22 heavy (non-hydrogen) atoms. The van der Waals surface area contributed by atoms with Crippen LogP contribution in [0.3, 0.4) is 0 Å². The summed E-state index contributed by atoms with van der Waals surface area (Å²) < 4.78 is 5.38. The highest BCUT2D eigenvalue weighted by Gasteiger charge is 2.27. The van der Waals surface area contributed by atoms with Gasteiger partial charge < -0.3 is 15.0 Å². The maximum Gasteiger partial charge on any atom is 0.157 e. The first kappa shape index (κ1) is 15.1. The van der Waals surface area contributed by atoms with E-state index in [4.69, 9.17) is 4.74 Å². The molecule has 0 bridgehead atoms. The van der Waals surface area contributed by atoms with Gasteiger partial charge >= 0.3 is 0 Å². The van der Waals surface area contributed by atoms with Crippen molar-refractivity contribution in [1.82, 2.24) is 0 Å². The highest BCUT2D eigenvalue weighted by atomic mass is 16.5. The van der Waals surface area contributed by atoms with Crippen LogP contribution in [0.25, 0.3) is 0 Å². The summed E-state index contributed by atoms with van der Waals surface area (Å²) in [5.41, 5.74) is 3.32. The predicted octanol–water partition coefficient (Wildman–Crippen LogP) is 3.21. The smallest absolute Gasteiger partial charge is 0.157 e. The van der Waals surface area contributed by atoms with Gasteiger partial charge in [-0.05, 0) is 36.1 Å². The van der Waals surface area contributed by atoms with E-state index in [-0.39, 0.29) is 11.2 Å². The third kappa shape index (κ3) is 3.69. The van der Waals surface area contributed by atoms with Crippen LogP contribution < -0.4 is 10.2 Å². The van der Waals surface area contributed by atoms with E-state index in [9.17, 15) is 4.79 Å². The number of allylic oxidation sites excluding steroid dienone is 2. The van der Waals surface area contributed by atoms with Gasteiger partial charge in [-0.15, -0.1) is 0 Å². The van der Waals surface area contributed by atoms with E-state index in [0.29, 0.717) is 6.42 Å². The minimum atomic E-state index is 0.0436. The van der Waals surface area contributed by atoms with Gasteiger partial charge in [0, 0.05) is 42.7 Å². The van der Waals surface area contributed by atoms with E-state index >= 15 is 0 Å². The van der Waals surface area contributed by atoms with Crippen molar-refractivity contribution in [2.75, 3.05) is 36.5 Å². The molecule has 1 aromatic carbocycles. The summed E-state index contributed by atoms with van der Waals surface area (Å²) in [7, 11) is 0. The van der Waals surface area contributed by atoms with Crippen molar-refractivity contribution >= 4 is 17.2 Å². The van der Waals surface area contributed by atoms with Gasteiger partial charge in [0.25, 0.3) is 0 Å². The molecule has 1 heterocycles. The quantitative estimate of drug-likeness (QED) is 0.930. The summed E-state index contributed by atoms with van der Waals surface area (Å²) in [6, 6.07) is 8.42. The van der Waals surface area contributed by atoms with E-state index in [1.165, 1.54) is 5.69 Å². The molecule has 0 aromatic heterocycles. The number of nitrogens with zero attached hydrogens (tertiary/aromatic N) is 1. The standard InChI is InChI=1S/C18H24N2O2/c1-18(2)12-15(11-17(21)13-18)19-14-3-5-16(6-4-14)20-7-9-22-10-8-20/h3-6,11,19H,7-10,12-13H2,1-2H3. The average Bonchev–Trinajstić information content (AvgIpc) is 2.47. The van der Waals surface area contributed by atoms with Gasteiger partial charge in [0.2, 0.25) is 0 Å². The Morgan fingerprint density at radius 1 is 1.09 bits per heavy atom. The average molecular weight is 300 g/mol. The zero-order valence-electron chi connectivity index (χ0n) is 13.4. The summed E-state index contributed by atoms with van der Waals surface area (Å²) in [6.07, 6.45) is 3.29. The van der Waals surface area contributed by atoms with Crippen molar-refractivity contribution in [3.05, 3.63) is 36.0 Å². The minimum Gasteiger partial charge on any atom is -0.378 e. The predicted molar refractivity (Wildman–Crippen MR) is 89.2 cm³/mol. The number of carbonyl (C=O) groups excluding carboxylic acids is 1. The molecule has 0 amide bonds. The maximum absolute atomic E-state index is 11.8. The van der Waals surface area contributed by atoms with Crippen LogP contribution >= 0.6 is 0 Å². The molecule has 1 N–H and O–H groups in total. The zero-order chi connectivity index (χ0) is 15.6. The molecule has 1 saturated heterocycles. The highest BCUT2D eigenvalue weighted by molar-refractivity contribution is 5.92. The van der Waals surface area contributed by atoms with Crippen molar-refractivity contribution < 1.29 is 9.53 Å². The summed E-state index contributed by atoms with van der Waals surface area (Å²) in [5, 5.41) is 3.39. The molecular weight excluding hydrogens is 276 g/mol. The number of nitrogens with one attached hydrogen (secondary N) is 1. The second kappa shape index (κ2) is 6.13. The fraction of sp³-hybridized carbons (Fsp3) is 0.500. The minimum absolute atomic E-state index is 0.0436. The van der Waals surface area contributed by atoms with Gasteiger partial charge in [-0.2, -0.15) is 0 Å². The highest BCUT2D eigenvalue weighted by Crippen LogP contribution is 2.34. The number of hydrogen-bond donors (Lipinski definition) is 1. The normalized spacial score (nSPS) is 21.5. The third-order valence-electron chi connectivity index (χ3n) is 4.21. The Morgan fingerprint density at radius 2 is 1.77 bits per heavy atom. The molecular formula is C18H24N2O2. The van der Waals surface area contributed by atoms with Gasteiger partial charge in [-0.25, -0.2) is 0 Å². The number of morpholine rings is 1. The second-order valence-electron chi connectivity index (χ2n) is 6.92. The Kier molecular flexibility index (Phi) is 4.21. The molecule has 1 aliphatic carbocycles. The number of ketones is 1. The lowest BCUT2D eigenvalue weighted by atomic mass is 9.79. The molecule has 1 fully saturated rings. The van der Waals surface area contributed by atoms with E-state index in [2.05, 4.69) is 48.3 Å². The van der Waals surface area contributed by atoms with Gasteiger partial charge in [0.05, 0.1) is 13.2 Å². The number of benzene rings is 1. The van der Waals surface area contributed by atoms with Crippen molar-refractivity contribution in [2.45, 2.75) is 26.7 Å². The van der Waals surface area contributed by atoms with Gasteiger partial charge in [0.15, 0.2) is 5.78 Å². The fourth-order valence-corrected chi connectivity index (χ4v) is 3.19. The first-order valence-corrected chi connectivity index (χ1v) is 7.95. The number of carbonyl (C=O) groups is 1. The molecule has 3 rings (SSSR count). The lowest BCUT2D eigenvalue weighted by molar-refractivity contribution is -0.117. The topological polar surface area (TPSA) is 41.6 Å². The van der Waals surface area contributed by atoms with Crippen molar-refractivity contribution in [3.63, 3.8) is 0 Å². The van der Waals surface area contributed by atoms with Gasteiger partial charge in [0.1, 0.15) is 0 Å². The van der Waals surface area contributed by atoms with E-state index in [1.54, 1.807) is 6.08 Å². The maximum atomic E-state index is 11.8. The van der Waals surface area contributed by atoms with Crippen LogP contribution in [0.15, 0.2) is 36.0 Å². The summed E-state index contributed by atoms with van der Waals surface area (Å²) in [6.45, 7) is 7.76. The molecule has 4 heteroatoms. The summed E-state index contributed by atoms with van der Waals surface area (Å²) in [4.78, 5) is 14.1. The summed E-state index contributed by atoms with van der Waals surface area (Å²) in [5.74, 6) is 0.212. The van der Waals surface area contributed by atoms with Crippen molar-refractivity contribution in [1.29, 1.82) is 0 Å². The van der Waals surface area contributed by atoms with Gasteiger partial charge in [-0.3, -0.25) is 4.79 Å². The molecule has 118 valence electrons. The lowest BCUT2D eigenvalue weighted by Gasteiger charge is -2.30. The monoisotopic (exact) mass is 300 g/mol. The Balaban J connectivity index is 1.67. The van der Waals surface area contributed by atoms with Crippen LogP contribution in [-0.2, 0) is 9.53 Å². The Labute approximate surface area is 132 Å². The van der Waals surface area contributed by atoms with Crippen LogP contribution in [0, 0.1) is 5.41 Å². The lowest BCUT2D eigenvalue weighted by Crippen LogP contribution is -2.36. The number of ether oxygens (including phenoxy) is 1. The van der Waals surface area contributed by atoms with Gasteiger partial charge in [-0.1, -0.05) is 13.8 Å². The molecule has 0 unspecified atom stereocenters. The van der Waals surface area contributed by atoms with Crippen LogP contribution in [0.4, 0.5) is 11.4 Å².